The summed E-state index contributed by atoms with van der Waals surface area (Å²) in [6.07, 6.45) is 2.99. The fourth-order valence-electron chi connectivity index (χ4n) is 2.49. The summed E-state index contributed by atoms with van der Waals surface area (Å²) in [6, 6.07) is 14.8. The molecule has 0 spiro atoms. The van der Waals surface area contributed by atoms with Crippen LogP contribution in [0.1, 0.15) is 19.4 Å². The smallest absolute Gasteiger partial charge is 0.100 e. The standard InChI is InChI=1S/C17H17BrN2/c1-12(2)8-13-6-7-17-16(9-13)19-11-20(17)15-5-3-4-14(18)10-15/h3-7,9-12H,8H2,1-2H3. The van der Waals surface area contributed by atoms with Crippen LogP contribution < -0.4 is 0 Å². The predicted molar refractivity (Wildman–Crippen MR) is 87.3 cm³/mol. The van der Waals surface area contributed by atoms with E-state index in [1.807, 2.05) is 18.5 Å². The summed E-state index contributed by atoms with van der Waals surface area (Å²) in [5.41, 5.74) is 4.68. The quantitative estimate of drug-likeness (QED) is 0.662. The molecule has 2 nitrogen and oxygen atoms in total. The third-order valence-electron chi connectivity index (χ3n) is 3.34. The Morgan fingerprint density at radius 3 is 2.75 bits per heavy atom. The van der Waals surface area contributed by atoms with Gasteiger partial charge < -0.3 is 0 Å². The van der Waals surface area contributed by atoms with E-state index in [9.17, 15) is 0 Å². The first-order valence-corrected chi connectivity index (χ1v) is 7.65. The van der Waals surface area contributed by atoms with E-state index in [2.05, 4.69) is 69.7 Å². The number of aromatic nitrogens is 2. The van der Waals surface area contributed by atoms with Crippen LogP contribution in [0.3, 0.4) is 0 Å². The zero-order chi connectivity index (χ0) is 14.1. The van der Waals surface area contributed by atoms with Crippen LogP contribution in [-0.4, -0.2) is 9.55 Å². The molecule has 0 N–H and O–H groups in total. The number of benzene rings is 2. The van der Waals surface area contributed by atoms with E-state index in [4.69, 9.17) is 0 Å². The van der Waals surface area contributed by atoms with Crippen LogP contribution in [0, 0.1) is 5.92 Å². The Morgan fingerprint density at radius 1 is 1.15 bits per heavy atom. The van der Waals surface area contributed by atoms with Crippen molar-refractivity contribution in [3.05, 3.63) is 58.8 Å². The van der Waals surface area contributed by atoms with Crippen molar-refractivity contribution in [3.63, 3.8) is 0 Å². The van der Waals surface area contributed by atoms with Crippen LogP contribution in [-0.2, 0) is 6.42 Å². The van der Waals surface area contributed by atoms with Gasteiger partial charge in [0.05, 0.1) is 11.0 Å². The maximum atomic E-state index is 4.54. The van der Waals surface area contributed by atoms with Crippen LogP contribution in [0.4, 0.5) is 0 Å². The summed E-state index contributed by atoms with van der Waals surface area (Å²) in [5, 5.41) is 0. The number of hydrogen-bond acceptors (Lipinski definition) is 1. The molecular formula is C17H17BrN2. The minimum Gasteiger partial charge on any atom is -0.299 e. The first-order valence-electron chi connectivity index (χ1n) is 6.85. The predicted octanol–water partition coefficient (Wildman–Crippen LogP) is 4.99. The lowest BCUT2D eigenvalue weighted by Crippen LogP contribution is -1.95. The van der Waals surface area contributed by atoms with Crippen LogP contribution in [0.15, 0.2) is 53.3 Å². The number of rotatable bonds is 3. The van der Waals surface area contributed by atoms with E-state index >= 15 is 0 Å². The largest absolute Gasteiger partial charge is 0.299 e. The lowest BCUT2D eigenvalue weighted by Gasteiger charge is -2.07. The van der Waals surface area contributed by atoms with Gasteiger partial charge in [-0.25, -0.2) is 4.98 Å². The van der Waals surface area contributed by atoms with E-state index in [-0.39, 0.29) is 0 Å². The van der Waals surface area contributed by atoms with Crippen molar-refractivity contribution in [2.75, 3.05) is 0 Å². The Labute approximate surface area is 127 Å². The van der Waals surface area contributed by atoms with Gasteiger partial charge in [-0.2, -0.15) is 0 Å². The molecule has 0 aliphatic rings. The molecule has 3 heteroatoms. The van der Waals surface area contributed by atoms with Gasteiger partial charge in [0.2, 0.25) is 0 Å². The highest BCUT2D eigenvalue weighted by molar-refractivity contribution is 9.10. The zero-order valence-corrected chi connectivity index (χ0v) is 13.3. The normalized spacial score (nSPS) is 11.4. The molecule has 0 radical (unpaired) electrons. The second kappa shape index (κ2) is 5.41. The molecule has 0 amide bonds. The minimum atomic E-state index is 0.666. The molecule has 0 aliphatic heterocycles. The third kappa shape index (κ3) is 2.63. The van der Waals surface area contributed by atoms with Crippen LogP contribution in [0.5, 0.6) is 0 Å². The average Bonchev–Trinajstić information content (AvgIpc) is 2.81. The van der Waals surface area contributed by atoms with Crippen LogP contribution >= 0.6 is 15.9 Å². The first kappa shape index (κ1) is 13.4. The number of fused-ring (bicyclic) bond motifs is 1. The fraction of sp³-hybridized carbons (Fsp3) is 0.235. The zero-order valence-electron chi connectivity index (χ0n) is 11.7. The molecule has 0 unspecified atom stereocenters. The van der Waals surface area contributed by atoms with Crippen molar-refractivity contribution in [2.24, 2.45) is 5.92 Å². The Morgan fingerprint density at radius 2 is 2.00 bits per heavy atom. The Hall–Kier alpha value is -1.61. The summed E-state index contributed by atoms with van der Waals surface area (Å²) in [4.78, 5) is 4.54. The lowest BCUT2D eigenvalue weighted by molar-refractivity contribution is 0.648. The van der Waals surface area contributed by atoms with Gasteiger partial charge in [0.1, 0.15) is 6.33 Å². The number of imidazole rings is 1. The van der Waals surface area contributed by atoms with E-state index < -0.39 is 0 Å². The number of hydrogen-bond donors (Lipinski definition) is 0. The average molecular weight is 329 g/mol. The molecular weight excluding hydrogens is 312 g/mol. The minimum absolute atomic E-state index is 0.666. The molecule has 1 heterocycles. The summed E-state index contributed by atoms with van der Waals surface area (Å²) < 4.78 is 3.20. The van der Waals surface area contributed by atoms with Gasteiger partial charge in [-0.15, -0.1) is 0 Å². The molecule has 2 aromatic carbocycles. The SMILES string of the molecule is CC(C)Cc1ccc2c(c1)ncn2-c1cccc(Br)c1. The monoisotopic (exact) mass is 328 g/mol. The molecule has 20 heavy (non-hydrogen) atoms. The maximum absolute atomic E-state index is 4.54. The van der Waals surface area contributed by atoms with Crippen molar-refractivity contribution in [1.29, 1.82) is 0 Å². The van der Waals surface area contributed by atoms with Crippen molar-refractivity contribution in [3.8, 4) is 5.69 Å². The molecule has 0 aliphatic carbocycles. The van der Waals surface area contributed by atoms with E-state index in [0.717, 1.165) is 27.6 Å². The third-order valence-corrected chi connectivity index (χ3v) is 3.84. The number of nitrogens with zero attached hydrogens (tertiary/aromatic N) is 2. The Bertz CT molecular complexity index is 744. The Balaban J connectivity index is 2.06. The van der Waals surface area contributed by atoms with Crippen molar-refractivity contribution in [1.82, 2.24) is 9.55 Å². The van der Waals surface area contributed by atoms with Crippen molar-refractivity contribution >= 4 is 27.0 Å². The molecule has 102 valence electrons. The summed E-state index contributed by atoms with van der Waals surface area (Å²) in [5.74, 6) is 0.666. The second-order valence-electron chi connectivity index (χ2n) is 5.52. The van der Waals surface area contributed by atoms with E-state index in [1.54, 1.807) is 0 Å². The van der Waals surface area contributed by atoms with Crippen LogP contribution in [0.2, 0.25) is 0 Å². The molecule has 0 saturated carbocycles. The van der Waals surface area contributed by atoms with Gasteiger partial charge in [-0.05, 0) is 48.2 Å². The van der Waals surface area contributed by atoms with Gasteiger partial charge in [0, 0.05) is 10.2 Å². The van der Waals surface area contributed by atoms with Crippen molar-refractivity contribution in [2.45, 2.75) is 20.3 Å². The summed E-state index contributed by atoms with van der Waals surface area (Å²) >= 11 is 3.52. The molecule has 3 rings (SSSR count). The first-order chi connectivity index (χ1) is 9.63. The topological polar surface area (TPSA) is 17.8 Å². The van der Waals surface area contributed by atoms with Gasteiger partial charge >= 0.3 is 0 Å². The van der Waals surface area contributed by atoms with E-state index in [1.165, 1.54) is 5.56 Å². The van der Waals surface area contributed by atoms with Gasteiger partial charge in [-0.3, -0.25) is 4.57 Å². The lowest BCUT2D eigenvalue weighted by atomic mass is 10.0. The molecule has 0 atom stereocenters. The molecule has 1 aromatic heterocycles. The molecule has 0 saturated heterocycles. The summed E-state index contributed by atoms with van der Waals surface area (Å²) in [6.45, 7) is 4.48. The van der Waals surface area contributed by atoms with Crippen LogP contribution in [0.25, 0.3) is 16.7 Å². The fourth-order valence-corrected chi connectivity index (χ4v) is 2.88. The van der Waals surface area contributed by atoms with Crippen molar-refractivity contribution < 1.29 is 0 Å². The highest BCUT2D eigenvalue weighted by atomic mass is 79.9. The summed E-state index contributed by atoms with van der Waals surface area (Å²) in [7, 11) is 0. The Kier molecular flexibility index (Phi) is 3.62. The molecule has 0 bridgehead atoms. The van der Waals surface area contributed by atoms with E-state index in [0.29, 0.717) is 5.92 Å². The van der Waals surface area contributed by atoms with Gasteiger partial charge in [0.15, 0.2) is 0 Å². The second-order valence-corrected chi connectivity index (χ2v) is 6.43. The highest BCUT2D eigenvalue weighted by Crippen LogP contribution is 2.22. The number of halogens is 1. The van der Waals surface area contributed by atoms with Gasteiger partial charge in [0.25, 0.3) is 0 Å². The molecule has 3 aromatic rings. The molecule has 0 fully saturated rings. The highest BCUT2D eigenvalue weighted by Gasteiger charge is 2.06. The van der Waals surface area contributed by atoms with Gasteiger partial charge in [-0.1, -0.05) is 41.9 Å². The maximum Gasteiger partial charge on any atom is 0.100 e.